The van der Waals surface area contributed by atoms with Crippen molar-refractivity contribution in [3.05, 3.63) is 17.5 Å². The summed E-state index contributed by atoms with van der Waals surface area (Å²) in [4.78, 5) is 17.1. The summed E-state index contributed by atoms with van der Waals surface area (Å²) in [6.07, 6.45) is 6.63. The SMILES string of the molecule is CSCCCN1CCC2(CC1)CCN(C(=O)c1cc(C)on1)C[C@@H]2CO. The fraction of sp³-hybridized carbons (Fsp3) is 0.789. The molecular weight excluding hydrogens is 350 g/mol. The van der Waals surface area contributed by atoms with Crippen LogP contribution < -0.4 is 0 Å². The van der Waals surface area contributed by atoms with E-state index in [-0.39, 0.29) is 23.8 Å². The van der Waals surface area contributed by atoms with Crippen molar-refractivity contribution in [1.82, 2.24) is 15.0 Å². The van der Waals surface area contributed by atoms with Gasteiger partial charge in [-0.05, 0) is 69.7 Å². The van der Waals surface area contributed by atoms with Crippen molar-refractivity contribution in [2.45, 2.75) is 32.6 Å². The van der Waals surface area contributed by atoms with Gasteiger partial charge in [0.15, 0.2) is 5.69 Å². The molecule has 146 valence electrons. The second-order valence-corrected chi connectivity index (χ2v) is 8.74. The molecule has 1 aromatic rings. The summed E-state index contributed by atoms with van der Waals surface area (Å²) >= 11 is 1.91. The van der Waals surface area contributed by atoms with E-state index in [1.54, 1.807) is 13.0 Å². The zero-order valence-electron chi connectivity index (χ0n) is 15.9. The number of carbonyl (C=O) groups is 1. The summed E-state index contributed by atoms with van der Waals surface area (Å²) in [5.41, 5.74) is 0.556. The van der Waals surface area contributed by atoms with E-state index in [4.69, 9.17) is 4.52 Å². The van der Waals surface area contributed by atoms with Gasteiger partial charge in [0.05, 0.1) is 0 Å². The second kappa shape index (κ2) is 8.76. The van der Waals surface area contributed by atoms with Crippen LogP contribution >= 0.6 is 11.8 Å². The Morgan fingerprint density at radius 3 is 2.73 bits per heavy atom. The van der Waals surface area contributed by atoms with Crippen LogP contribution in [-0.4, -0.2) is 77.3 Å². The molecule has 1 amide bonds. The van der Waals surface area contributed by atoms with Gasteiger partial charge in [-0.1, -0.05) is 5.16 Å². The van der Waals surface area contributed by atoms with Crippen molar-refractivity contribution in [3.63, 3.8) is 0 Å². The summed E-state index contributed by atoms with van der Waals surface area (Å²) in [6.45, 7) is 6.70. The Kier molecular flexibility index (Phi) is 6.64. The van der Waals surface area contributed by atoms with Crippen LogP contribution in [-0.2, 0) is 0 Å². The number of rotatable bonds is 6. The molecule has 2 aliphatic heterocycles. The third-order valence-electron chi connectivity index (χ3n) is 6.22. The largest absolute Gasteiger partial charge is 0.396 e. The van der Waals surface area contributed by atoms with Crippen molar-refractivity contribution in [2.75, 3.05) is 51.3 Å². The number of aliphatic hydroxyl groups excluding tert-OH is 1. The third kappa shape index (κ3) is 4.26. The molecule has 1 atom stereocenters. The lowest BCUT2D eigenvalue weighted by atomic mass is 9.64. The highest BCUT2D eigenvalue weighted by molar-refractivity contribution is 7.98. The van der Waals surface area contributed by atoms with Gasteiger partial charge in [-0.15, -0.1) is 0 Å². The first-order valence-corrected chi connectivity index (χ1v) is 11.0. The average Bonchev–Trinajstić information content (AvgIpc) is 3.10. The van der Waals surface area contributed by atoms with Crippen molar-refractivity contribution >= 4 is 17.7 Å². The van der Waals surface area contributed by atoms with Crippen LogP contribution in [0.15, 0.2) is 10.6 Å². The molecule has 1 aromatic heterocycles. The van der Waals surface area contributed by atoms with Crippen LogP contribution in [0.25, 0.3) is 0 Å². The molecular formula is C19H31N3O3S. The lowest BCUT2D eigenvalue weighted by Crippen LogP contribution is -2.54. The van der Waals surface area contributed by atoms with Gasteiger partial charge >= 0.3 is 0 Å². The van der Waals surface area contributed by atoms with Crippen LogP contribution in [0.3, 0.4) is 0 Å². The molecule has 0 radical (unpaired) electrons. The predicted molar refractivity (Wildman–Crippen MR) is 103 cm³/mol. The van der Waals surface area contributed by atoms with Crippen LogP contribution in [0.4, 0.5) is 0 Å². The number of amides is 1. The third-order valence-corrected chi connectivity index (χ3v) is 6.91. The Hall–Kier alpha value is -1.05. The highest BCUT2D eigenvalue weighted by Crippen LogP contribution is 2.45. The quantitative estimate of drug-likeness (QED) is 0.763. The van der Waals surface area contributed by atoms with Crippen molar-refractivity contribution < 1.29 is 14.4 Å². The van der Waals surface area contributed by atoms with E-state index in [1.807, 2.05) is 16.7 Å². The number of aliphatic hydroxyl groups is 1. The average molecular weight is 382 g/mol. The van der Waals surface area contributed by atoms with E-state index < -0.39 is 0 Å². The van der Waals surface area contributed by atoms with Gasteiger partial charge in [-0.3, -0.25) is 4.79 Å². The Labute approximate surface area is 160 Å². The zero-order chi connectivity index (χ0) is 18.6. The van der Waals surface area contributed by atoms with Crippen LogP contribution in [0.5, 0.6) is 0 Å². The molecule has 0 bridgehead atoms. The number of aryl methyl sites for hydroxylation is 1. The Bertz CT molecular complexity index is 599. The van der Waals surface area contributed by atoms with Crippen LogP contribution in [0.1, 0.15) is 41.9 Å². The maximum absolute atomic E-state index is 12.7. The zero-order valence-corrected chi connectivity index (χ0v) is 16.8. The number of nitrogens with zero attached hydrogens (tertiary/aromatic N) is 3. The Morgan fingerprint density at radius 2 is 2.12 bits per heavy atom. The minimum Gasteiger partial charge on any atom is -0.396 e. The smallest absolute Gasteiger partial charge is 0.276 e. The summed E-state index contributed by atoms with van der Waals surface area (Å²) in [5, 5.41) is 13.9. The molecule has 0 unspecified atom stereocenters. The monoisotopic (exact) mass is 381 g/mol. The fourth-order valence-corrected chi connectivity index (χ4v) is 4.91. The standard InChI is InChI=1S/C19H31N3O3S/c1-15-12-17(20-25-15)18(24)22-10-6-19(16(13-22)14-23)4-8-21(9-5-19)7-3-11-26-2/h12,16,23H,3-11,13-14H2,1-2H3/t16-/m1/s1. The van der Waals surface area contributed by atoms with Crippen molar-refractivity contribution in [1.29, 1.82) is 0 Å². The molecule has 0 aliphatic carbocycles. The molecule has 1 spiro atoms. The van der Waals surface area contributed by atoms with Crippen LogP contribution in [0.2, 0.25) is 0 Å². The van der Waals surface area contributed by atoms with Crippen LogP contribution in [0, 0.1) is 18.3 Å². The topological polar surface area (TPSA) is 69.8 Å². The lowest BCUT2D eigenvalue weighted by Gasteiger charge is -2.51. The summed E-state index contributed by atoms with van der Waals surface area (Å²) in [5.74, 6) is 1.94. The highest BCUT2D eigenvalue weighted by atomic mass is 32.2. The van der Waals surface area contributed by atoms with E-state index >= 15 is 0 Å². The Balaban J connectivity index is 1.57. The van der Waals surface area contributed by atoms with E-state index in [0.29, 0.717) is 18.0 Å². The first-order chi connectivity index (χ1) is 12.6. The van der Waals surface area contributed by atoms with Gasteiger partial charge < -0.3 is 19.4 Å². The predicted octanol–water partition coefficient (Wildman–Crippen LogP) is 2.27. The normalized spacial score (nSPS) is 23.5. The first kappa shape index (κ1) is 19.7. The summed E-state index contributed by atoms with van der Waals surface area (Å²) in [7, 11) is 0. The fourth-order valence-electron chi connectivity index (χ4n) is 4.49. The molecule has 2 aliphatic rings. The maximum atomic E-state index is 12.7. The molecule has 3 heterocycles. The number of piperidine rings is 2. The van der Waals surface area contributed by atoms with E-state index in [0.717, 1.165) is 38.9 Å². The summed E-state index contributed by atoms with van der Waals surface area (Å²) in [6, 6.07) is 1.69. The van der Waals surface area contributed by atoms with E-state index in [2.05, 4.69) is 16.3 Å². The number of likely N-dealkylation sites (tertiary alicyclic amines) is 2. The Morgan fingerprint density at radius 1 is 1.38 bits per heavy atom. The number of aromatic nitrogens is 1. The summed E-state index contributed by atoms with van der Waals surface area (Å²) < 4.78 is 5.04. The van der Waals surface area contributed by atoms with E-state index in [1.165, 1.54) is 18.7 Å². The molecule has 2 fully saturated rings. The lowest BCUT2D eigenvalue weighted by molar-refractivity contribution is -0.0352. The molecule has 6 nitrogen and oxygen atoms in total. The van der Waals surface area contributed by atoms with Gasteiger partial charge in [0.2, 0.25) is 0 Å². The van der Waals surface area contributed by atoms with Crippen molar-refractivity contribution in [3.8, 4) is 0 Å². The molecule has 2 saturated heterocycles. The molecule has 7 heteroatoms. The number of carbonyl (C=O) groups excluding carboxylic acids is 1. The van der Waals surface area contributed by atoms with Gasteiger partial charge in [0.25, 0.3) is 5.91 Å². The van der Waals surface area contributed by atoms with Gasteiger partial charge in [-0.2, -0.15) is 11.8 Å². The van der Waals surface area contributed by atoms with E-state index in [9.17, 15) is 9.90 Å². The first-order valence-electron chi connectivity index (χ1n) is 9.63. The molecule has 1 N–H and O–H groups in total. The number of hydrogen-bond donors (Lipinski definition) is 1. The highest BCUT2D eigenvalue weighted by Gasteiger charge is 2.45. The maximum Gasteiger partial charge on any atom is 0.276 e. The van der Waals surface area contributed by atoms with Gasteiger partial charge in [0.1, 0.15) is 5.76 Å². The molecule has 3 rings (SSSR count). The van der Waals surface area contributed by atoms with Crippen molar-refractivity contribution in [2.24, 2.45) is 11.3 Å². The van der Waals surface area contributed by atoms with Gasteiger partial charge in [-0.25, -0.2) is 0 Å². The van der Waals surface area contributed by atoms with Gasteiger partial charge in [0, 0.05) is 31.7 Å². The minimum absolute atomic E-state index is 0.0790. The number of hydrogen-bond acceptors (Lipinski definition) is 6. The molecule has 26 heavy (non-hydrogen) atoms. The second-order valence-electron chi connectivity index (χ2n) is 7.75. The molecule has 0 aromatic carbocycles. The minimum atomic E-state index is -0.0790. The number of thioether (sulfide) groups is 1. The molecule has 0 saturated carbocycles.